The van der Waals surface area contributed by atoms with Crippen LogP contribution in [-0.4, -0.2) is 47.6 Å². The minimum Gasteiger partial charge on any atom is -0.312 e. The average Bonchev–Trinajstić information content (AvgIpc) is 2.81. The van der Waals surface area contributed by atoms with Gasteiger partial charge in [0.25, 0.3) is 0 Å². The molecular formula is C14H26N2S. The number of fused-ring (bicyclic) bond motifs is 1. The minimum absolute atomic E-state index is 0.464. The van der Waals surface area contributed by atoms with E-state index in [0.717, 1.165) is 17.9 Å². The molecule has 98 valence electrons. The molecule has 0 radical (unpaired) electrons. The third-order valence-corrected chi connectivity index (χ3v) is 6.13. The van der Waals surface area contributed by atoms with Gasteiger partial charge in [0.05, 0.1) is 0 Å². The van der Waals surface area contributed by atoms with Crippen LogP contribution in [0.25, 0.3) is 0 Å². The summed E-state index contributed by atoms with van der Waals surface area (Å²) in [4.78, 5) is 2.70. The number of rotatable bonds is 2. The third kappa shape index (κ3) is 2.66. The van der Waals surface area contributed by atoms with Crippen LogP contribution in [0.3, 0.4) is 0 Å². The lowest BCUT2D eigenvalue weighted by Gasteiger charge is -2.39. The van der Waals surface area contributed by atoms with E-state index in [0.29, 0.717) is 4.75 Å². The van der Waals surface area contributed by atoms with Crippen molar-refractivity contribution >= 4 is 11.8 Å². The quantitative estimate of drug-likeness (QED) is 0.813. The van der Waals surface area contributed by atoms with E-state index in [1.165, 1.54) is 51.2 Å². The van der Waals surface area contributed by atoms with Gasteiger partial charge in [-0.25, -0.2) is 0 Å². The monoisotopic (exact) mass is 254 g/mol. The molecule has 3 rings (SSSR count). The van der Waals surface area contributed by atoms with E-state index in [2.05, 4.69) is 35.8 Å². The van der Waals surface area contributed by atoms with Gasteiger partial charge in [0.2, 0.25) is 0 Å². The number of nitrogens with zero attached hydrogens (tertiary/aromatic N) is 1. The Morgan fingerprint density at radius 2 is 2.24 bits per heavy atom. The molecule has 17 heavy (non-hydrogen) atoms. The fraction of sp³-hybridized carbons (Fsp3) is 1.00. The maximum Gasteiger partial charge on any atom is 0.0231 e. The van der Waals surface area contributed by atoms with E-state index in [1.807, 2.05) is 0 Å². The highest BCUT2D eigenvalue weighted by atomic mass is 32.2. The smallest absolute Gasteiger partial charge is 0.0231 e. The fourth-order valence-electron chi connectivity index (χ4n) is 4.05. The molecule has 0 bridgehead atoms. The number of hydrogen-bond acceptors (Lipinski definition) is 3. The Morgan fingerprint density at radius 3 is 3.06 bits per heavy atom. The van der Waals surface area contributed by atoms with Crippen molar-refractivity contribution < 1.29 is 0 Å². The molecule has 0 aromatic heterocycles. The van der Waals surface area contributed by atoms with Crippen LogP contribution in [0, 0.1) is 11.8 Å². The average molecular weight is 254 g/mol. The van der Waals surface area contributed by atoms with Gasteiger partial charge in [-0.1, -0.05) is 6.42 Å². The lowest BCUT2D eigenvalue weighted by atomic mass is 9.93. The summed E-state index contributed by atoms with van der Waals surface area (Å²) >= 11 is 2.14. The molecule has 0 spiro atoms. The van der Waals surface area contributed by atoms with Crippen molar-refractivity contribution in [1.82, 2.24) is 10.2 Å². The van der Waals surface area contributed by atoms with Gasteiger partial charge in [-0.05, 0) is 45.1 Å². The zero-order chi connectivity index (χ0) is 11.9. The third-order valence-electron chi connectivity index (χ3n) is 4.84. The van der Waals surface area contributed by atoms with E-state index < -0.39 is 0 Å². The zero-order valence-corrected chi connectivity index (χ0v) is 12.1. The Morgan fingerprint density at radius 1 is 1.35 bits per heavy atom. The van der Waals surface area contributed by atoms with Crippen LogP contribution in [0.2, 0.25) is 0 Å². The van der Waals surface area contributed by atoms with Crippen LogP contribution in [0.15, 0.2) is 0 Å². The molecule has 1 saturated carbocycles. The van der Waals surface area contributed by atoms with E-state index in [9.17, 15) is 0 Å². The van der Waals surface area contributed by atoms with Gasteiger partial charge in [-0.15, -0.1) is 0 Å². The minimum atomic E-state index is 0.464. The normalized spacial score (nSPS) is 41.6. The standard InChI is InChI=1S/C14H26N2S/c1-14(2)10-16(6-7-17-14)9-13-12-5-3-4-11(12)8-15-13/h11-13,15H,3-10H2,1-2H3. The Labute approximate surface area is 110 Å². The number of hydrogen-bond donors (Lipinski definition) is 1. The second-order valence-electron chi connectivity index (χ2n) is 6.71. The Balaban J connectivity index is 1.56. The van der Waals surface area contributed by atoms with Crippen LogP contribution < -0.4 is 5.32 Å². The van der Waals surface area contributed by atoms with E-state index in [-0.39, 0.29) is 0 Å². The summed E-state index contributed by atoms with van der Waals surface area (Å²) in [6.07, 6.45) is 4.44. The lowest BCUT2D eigenvalue weighted by Crippen LogP contribution is -2.49. The van der Waals surface area contributed by atoms with E-state index in [4.69, 9.17) is 0 Å². The summed E-state index contributed by atoms with van der Waals surface area (Å²) in [5.74, 6) is 3.31. The summed E-state index contributed by atoms with van der Waals surface area (Å²) in [5.41, 5.74) is 0. The summed E-state index contributed by atoms with van der Waals surface area (Å²) in [6.45, 7) is 9.94. The highest BCUT2D eigenvalue weighted by molar-refractivity contribution is 8.00. The predicted molar refractivity (Wildman–Crippen MR) is 75.6 cm³/mol. The Bertz CT molecular complexity index is 279. The first kappa shape index (κ1) is 12.3. The first-order valence-corrected chi connectivity index (χ1v) is 8.22. The molecule has 0 amide bonds. The van der Waals surface area contributed by atoms with Crippen LogP contribution in [0.1, 0.15) is 33.1 Å². The second-order valence-corrected chi connectivity index (χ2v) is 8.51. The summed E-state index contributed by atoms with van der Waals surface area (Å²) in [6, 6.07) is 0.793. The van der Waals surface area contributed by atoms with Gasteiger partial charge in [-0.2, -0.15) is 11.8 Å². The lowest BCUT2D eigenvalue weighted by molar-refractivity contribution is 0.217. The van der Waals surface area contributed by atoms with Crippen molar-refractivity contribution in [2.75, 3.05) is 31.9 Å². The first-order chi connectivity index (χ1) is 8.14. The van der Waals surface area contributed by atoms with Gasteiger partial charge in [0, 0.05) is 36.2 Å². The van der Waals surface area contributed by atoms with Crippen LogP contribution in [0.5, 0.6) is 0 Å². The molecule has 0 aromatic rings. The molecule has 2 aliphatic heterocycles. The molecule has 3 atom stereocenters. The molecule has 0 aromatic carbocycles. The van der Waals surface area contributed by atoms with Gasteiger partial charge in [0.15, 0.2) is 0 Å². The summed E-state index contributed by atoms with van der Waals surface area (Å²) < 4.78 is 0.464. The molecule has 1 aliphatic carbocycles. The highest BCUT2D eigenvalue weighted by Gasteiger charge is 2.40. The molecule has 3 unspecified atom stereocenters. The maximum atomic E-state index is 3.78. The maximum absolute atomic E-state index is 3.78. The Kier molecular flexibility index (Phi) is 3.44. The SMILES string of the molecule is CC1(C)CN(CC2NCC3CCCC32)CCS1. The molecule has 3 heteroatoms. The van der Waals surface area contributed by atoms with Crippen molar-refractivity contribution in [3.63, 3.8) is 0 Å². The molecule has 2 saturated heterocycles. The van der Waals surface area contributed by atoms with Crippen LogP contribution in [-0.2, 0) is 0 Å². The molecule has 3 fully saturated rings. The second kappa shape index (κ2) is 4.75. The van der Waals surface area contributed by atoms with Gasteiger partial charge >= 0.3 is 0 Å². The van der Waals surface area contributed by atoms with Crippen molar-refractivity contribution in [2.24, 2.45) is 11.8 Å². The van der Waals surface area contributed by atoms with Crippen molar-refractivity contribution in [3.05, 3.63) is 0 Å². The van der Waals surface area contributed by atoms with Crippen molar-refractivity contribution in [2.45, 2.75) is 43.9 Å². The summed E-state index contributed by atoms with van der Waals surface area (Å²) in [7, 11) is 0. The number of nitrogens with one attached hydrogen (secondary N) is 1. The van der Waals surface area contributed by atoms with Gasteiger partial charge in [0.1, 0.15) is 0 Å². The zero-order valence-electron chi connectivity index (χ0n) is 11.2. The molecule has 2 heterocycles. The first-order valence-electron chi connectivity index (χ1n) is 7.24. The molecule has 2 nitrogen and oxygen atoms in total. The van der Waals surface area contributed by atoms with Gasteiger partial charge in [-0.3, -0.25) is 4.90 Å². The largest absolute Gasteiger partial charge is 0.312 e. The summed E-state index contributed by atoms with van der Waals surface area (Å²) in [5, 5.41) is 3.78. The molecular weight excluding hydrogens is 228 g/mol. The fourth-order valence-corrected chi connectivity index (χ4v) is 5.23. The Hall–Kier alpha value is 0.270. The molecule has 3 aliphatic rings. The molecule has 1 N–H and O–H groups in total. The van der Waals surface area contributed by atoms with E-state index in [1.54, 1.807) is 0 Å². The van der Waals surface area contributed by atoms with E-state index >= 15 is 0 Å². The number of thioether (sulfide) groups is 1. The van der Waals surface area contributed by atoms with Crippen LogP contribution in [0.4, 0.5) is 0 Å². The van der Waals surface area contributed by atoms with Crippen LogP contribution >= 0.6 is 11.8 Å². The van der Waals surface area contributed by atoms with Crippen molar-refractivity contribution in [1.29, 1.82) is 0 Å². The predicted octanol–water partition coefficient (Wildman–Crippen LogP) is 2.20. The van der Waals surface area contributed by atoms with Crippen molar-refractivity contribution in [3.8, 4) is 0 Å². The topological polar surface area (TPSA) is 15.3 Å². The highest BCUT2D eigenvalue weighted by Crippen LogP contribution is 2.38. The van der Waals surface area contributed by atoms with Gasteiger partial charge < -0.3 is 5.32 Å².